The van der Waals surface area contributed by atoms with Gasteiger partial charge in [0.25, 0.3) is 0 Å². The third kappa shape index (κ3) is 8.61. The first kappa shape index (κ1) is 16.9. The van der Waals surface area contributed by atoms with Gasteiger partial charge in [-0.3, -0.25) is 0 Å². The predicted molar refractivity (Wildman–Crippen MR) is 80.1 cm³/mol. The largest absolute Gasteiger partial charge is 0.350 e. The molecule has 0 aromatic heterocycles. The summed E-state index contributed by atoms with van der Waals surface area (Å²) in [6.45, 7) is 4.08. The lowest BCUT2D eigenvalue weighted by Gasteiger charge is -2.26. The number of nitrogens with zero attached hydrogens (tertiary/aromatic N) is 1. The van der Waals surface area contributed by atoms with E-state index in [1.54, 1.807) is 0 Å². The number of hydrogen-bond donors (Lipinski definition) is 0. The van der Waals surface area contributed by atoms with Crippen LogP contribution in [0.4, 0.5) is 0 Å². The van der Waals surface area contributed by atoms with Crippen LogP contribution in [-0.2, 0) is 9.47 Å². The minimum atomic E-state index is 0.0622. The van der Waals surface area contributed by atoms with Crippen molar-refractivity contribution < 1.29 is 14.0 Å². The molecule has 2 atom stereocenters. The standard InChI is InChI=1S/C16H34NO2/c1-5-6-7-8-9-10-11-12-16-18-14-15(19-16)13-17(2,3)4/h15-16H,5-14H2,1-4H3/q+1. The molecule has 3 nitrogen and oxygen atoms in total. The van der Waals surface area contributed by atoms with Gasteiger partial charge in [-0.1, -0.05) is 45.4 Å². The Hall–Kier alpha value is -0.120. The molecule has 0 spiro atoms. The molecule has 114 valence electrons. The fraction of sp³-hybridized carbons (Fsp3) is 1.00. The highest BCUT2D eigenvalue weighted by Crippen LogP contribution is 2.19. The van der Waals surface area contributed by atoms with Crippen LogP contribution in [0, 0.1) is 0 Å². The van der Waals surface area contributed by atoms with Gasteiger partial charge < -0.3 is 14.0 Å². The van der Waals surface area contributed by atoms with Crippen LogP contribution in [0.5, 0.6) is 0 Å². The quantitative estimate of drug-likeness (QED) is 0.447. The number of ether oxygens (including phenoxy) is 2. The number of quaternary nitrogens is 1. The van der Waals surface area contributed by atoms with Gasteiger partial charge in [0.15, 0.2) is 6.29 Å². The van der Waals surface area contributed by atoms with E-state index in [0.29, 0.717) is 0 Å². The molecule has 1 heterocycles. The second kappa shape index (κ2) is 8.93. The highest BCUT2D eigenvalue weighted by Gasteiger charge is 2.29. The minimum Gasteiger partial charge on any atom is -0.350 e. The van der Waals surface area contributed by atoms with Crippen LogP contribution in [0.25, 0.3) is 0 Å². The molecule has 1 aliphatic heterocycles. The van der Waals surface area contributed by atoms with Crippen LogP contribution in [0.15, 0.2) is 0 Å². The van der Waals surface area contributed by atoms with Gasteiger partial charge in [-0.2, -0.15) is 0 Å². The molecular formula is C16H34NO2+. The smallest absolute Gasteiger partial charge is 0.158 e. The molecule has 0 bridgehead atoms. The number of likely N-dealkylation sites (N-methyl/N-ethyl adjacent to an activating group) is 1. The van der Waals surface area contributed by atoms with Gasteiger partial charge in [0.1, 0.15) is 12.6 Å². The first-order valence-electron chi connectivity index (χ1n) is 8.09. The summed E-state index contributed by atoms with van der Waals surface area (Å²) in [6, 6.07) is 0. The second-order valence-corrected chi connectivity index (χ2v) is 6.90. The van der Waals surface area contributed by atoms with E-state index < -0.39 is 0 Å². The van der Waals surface area contributed by atoms with Crippen molar-refractivity contribution >= 4 is 0 Å². The van der Waals surface area contributed by atoms with Crippen LogP contribution >= 0.6 is 0 Å². The topological polar surface area (TPSA) is 18.5 Å². The van der Waals surface area contributed by atoms with E-state index in [0.717, 1.165) is 24.1 Å². The Morgan fingerprint density at radius 3 is 2.21 bits per heavy atom. The minimum absolute atomic E-state index is 0.0622. The van der Waals surface area contributed by atoms with Gasteiger partial charge in [-0.05, 0) is 12.8 Å². The van der Waals surface area contributed by atoms with Crippen molar-refractivity contribution in [3.05, 3.63) is 0 Å². The molecule has 0 N–H and O–H groups in total. The Bertz CT molecular complexity index is 225. The average Bonchev–Trinajstić information content (AvgIpc) is 2.73. The van der Waals surface area contributed by atoms with Crippen molar-refractivity contribution in [1.29, 1.82) is 0 Å². The van der Waals surface area contributed by atoms with Gasteiger partial charge in [-0.15, -0.1) is 0 Å². The third-order valence-electron chi connectivity index (χ3n) is 3.61. The molecule has 3 heteroatoms. The Labute approximate surface area is 119 Å². The highest BCUT2D eigenvalue weighted by atomic mass is 16.7. The number of unbranched alkanes of at least 4 members (excludes halogenated alkanes) is 6. The van der Waals surface area contributed by atoms with Crippen molar-refractivity contribution in [2.24, 2.45) is 0 Å². The van der Waals surface area contributed by atoms with Crippen LogP contribution in [-0.4, -0.2) is 51.2 Å². The molecule has 0 radical (unpaired) electrons. The molecule has 1 saturated heterocycles. The lowest BCUT2D eigenvalue weighted by molar-refractivity contribution is -0.873. The van der Waals surface area contributed by atoms with Crippen molar-refractivity contribution in [2.45, 2.75) is 70.7 Å². The van der Waals surface area contributed by atoms with Crippen LogP contribution in [0.3, 0.4) is 0 Å². The zero-order valence-corrected chi connectivity index (χ0v) is 13.5. The van der Waals surface area contributed by atoms with E-state index in [2.05, 4.69) is 28.1 Å². The predicted octanol–water partition coefficient (Wildman–Crippen LogP) is 3.57. The molecule has 2 unspecified atom stereocenters. The first-order chi connectivity index (χ1) is 9.01. The fourth-order valence-corrected chi connectivity index (χ4v) is 2.63. The maximum Gasteiger partial charge on any atom is 0.158 e. The summed E-state index contributed by atoms with van der Waals surface area (Å²) in [5, 5.41) is 0. The van der Waals surface area contributed by atoms with Crippen LogP contribution in [0.2, 0.25) is 0 Å². The maximum absolute atomic E-state index is 5.94. The second-order valence-electron chi connectivity index (χ2n) is 6.90. The van der Waals surface area contributed by atoms with Crippen molar-refractivity contribution in [3.8, 4) is 0 Å². The van der Waals surface area contributed by atoms with Gasteiger partial charge in [0.2, 0.25) is 0 Å². The van der Waals surface area contributed by atoms with Gasteiger partial charge in [0.05, 0.1) is 27.7 Å². The summed E-state index contributed by atoms with van der Waals surface area (Å²) in [6.07, 6.45) is 10.9. The van der Waals surface area contributed by atoms with E-state index in [1.807, 2.05) is 0 Å². The van der Waals surface area contributed by atoms with E-state index >= 15 is 0 Å². The van der Waals surface area contributed by atoms with E-state index in [9.17, 15) is 0 Å². The molecule has 0 amide bonds. The molecule has 19 heavy (non-hydrogen) atoms. The molecule has 0 saturated carbocycles. The summed E-state index contributed by atoms with van der Waals surface area (Å²) >= 11 is 0. The highest BCUT2D eigenvalue weighted by molar-refractivity contribution is 4.65. The number of hydrogen-bond acceptors (Lipinski definition) is 2. The zero-order valence-electron chi connectivity index (χ0n) is 13.5. The molecular weight excluding hydrogens is 238 g/mol. The van der Waals surface area contributed by atoms with E-state index in [4.69, 9.17) is 9.47 Å². The molecule has 0 aliphatic carbocycles. The Morgan fingerprint density at radius 1 is 0.947 bits per heavy atom. The number of rotatable bonds is 10. The van der Waals surface area contributed by atoms with E-state index in [-0.39, 0.29) is 12.4 Å². The molecule has 0 aromatic rings. The Kier molecular flexibility index (Phi) is 7.96. The van der Waals surface area contributed by atoms with Crippen molar-refractivity contribution in [3.63, 3.8) is 0 Å². The lowest BCUT2D eigenvalue weighted by Crippen LogP contribution is -2.42. The summed E-state index contributed by atoms with van der Waals surface area (Å²) in [5.41, 5.74) is 0. The summed E-state index contributed by atoms with van der Waals surface area (Å²) < 4.78 is 12.6. The van der Waals surface area contributed by atoms with Gasteiger partial charge in [0, 0.05) is 0 Å². The normalized spacial score (nSPS) is 24.0. The monoisotopic (exact) mass is 272 g/mol. The SMILES string of the molecule is CCCCCCCCCC1OCC(C[N+](C)(C)C)O1. The molecule has 1 rings (SSSR count). The third-order valence-corrected chi connectivity index (χ3v) is 3.61. The Balaban J connectivity index is 1.97. The summed E-state index contributed by atoms with van der Waals surface area (Å²) in [7, 11) is 6.60. The maximum atomic E-state index is 5.94. The van der Waals surface area contributed by atoms with Crippen molar-refractivity contribution in [1.82, 2.24) is 0 Å². The lowest BCUT2D eigenvalue weighted by atomic mass is 10.1. The molecule has 0 aromatic carbocycles. The fourth-order valence-electron chi connectivity index (χ4n) is 2.63. The van der Waals surface area contributed by atoms with E-state index in [1.165, 1.54) is 44.9 Å². The van der Waals surface area contributed by atoms with Crippen molar-refractivity contribution in [2.75, 3.05) is 34.3 Å². The molecule has 1 aliphatic rings. The van der Waals surface area contributed by atoms with Crippen LogP contribution in [0.1, 0.15) is 58.3 Å². The first-order valence-corrected chi connectivity index (χ1v) is 8.09. The molecule has 1 fully saturated rings. The Morgan fingerprint density at radius 2 is 1.58 bits per heavy atom. The van der Waals surface area contributed by atoms with Crippen LogP contribution < -0.4 is 0 Å². The van der Waals surface area contributed by atoms with Gasteiger partial charge in [-0.25, -0.2) is 0 Å². The van der Waals surface area contributed by atoms with Gasteiger partial charge >= 0.3 is 0 Å². The average molecular weight is 272 g/mol. The summed E-state index contributed by atoms with van der Waals surface area (Å²) in [5.74, 6) is 0. The zero-order chi connectivity index (χ0) is 14.1. The summed E-state index contributed by atoms with van der Waals surface area (Å²) in [4.78, 5) is 0.